The van der Waals surface area contributed by atoms with Crippen LogP contribution in [0.5, 0.6) is 0 Å². The van der Waals surface area contributed by atoms with E-state index in [-0.39, 0.29) is 17.1 Å². The minimum Gasteiger partial charge on any atom is -0.327 e. The Balaban J connectivity index is 2.63. The van der Waals surface area contributed by atoms with Crippen molar-refractivity contribution in [3.05, 3.63) is 35.6 Å². The Hall–Kier alpha value is -0.540. The Morgan fingerprint density at radius 1 is 1.29 bits per heavy atom. The first kappa shape index (κ1) is 14.5. The fourth-order valence-corrected chi connectivity index (χ4v) is 3.09. The first-order valence-electron chi connectivity index (χ1n) is 6.28. The van der Waals surface area contributed by atoms with E-state index in [9.17, 15) is 4.39 Å². The quantitative estimate of drug-likeness (QED) is 0.741. The van der Waals surface area contributed by atoms with Crippen molar-refractivity contribution in [2.75, 3.05) is 5.75 Å². The Morgan fingerprint density at radius 2 is 2.00 bits per heavy atom. The van der Waals surface area contributed by atoms with Crippen LogP contribution in [-0.2, 0) is 0 Å². The summed E-state index contributed by atoms with van der Waals surface area (Å²) in [7, 11) is 0. The van der Waals surface area contributed by atoms with E-state index in [2.05, 4.69) is 6.92 Å². The van der Waals surface area contributed by atoms with E-state index in [1.54, 1.807) is 17.8 Å². The van der Waals surface area contributed by atoms with Crippen LogP contribution >= 0.6 is 11.8 Å². The van der Waals surface area contributed by atoms with Crippen molar-refractivity contribution >= 4 is 11.8 Å². The van der Waals surface area contributed by atoms with Gasteiger partial charge in [-0.1, -0.05) is 38.0 Å². The molecular formula is C14H22FNS. The number of hydrogen-bond donors (Lipinski definition) is 1. The zero-order chi connectivity index (χ0) is 12.7. The van der Waals surface area contributed by atoms with Gasteiger partial charge < -0.3 is 5.73 Å². The predicted molar refractivity (Wildman–Crippen MR) is 74.8 cm³/mol. The molecule has 0 spiro atoms. The fourth-order valence-electron chi connectivity index (χ4n) is 1.79. The van der Waals surface area contributed by atoms with Crippen LogP contribution in [0, 0.1) is 5.82 Å². The highest BCUT2D eigenvalue weighted by molar-refractivity contribution is 7.99. The van der Waals surface area contributed by atoms with Gasteiger partial charge in [0.1, 0.15) is 5.82 Å². The maximum absolute atomic E-state index is 13.7. The third-order valence-corrected chi connectivity index (χ3v) is 4.30. The summed E-state index contributed by atoms with van der Waals surface area (Å²) in [6, 6.07) is 6.92. The molecule has 0 aliphatic heterocycles. The average molecular weight is 255 g/mol. The van der Waals surface area contributed by atoms with Gasteiger partial charge in [-0.25, -0.2) is 4.39 Å². The number of unbranched alkanes of at least 4 members (excludes halogenated alkanes) is 2. The van der Waals surface area contributed by atoms with E-state index < -0.39 is 0 Å². The standard InChI is InChI=1S/C14H22FNS/c1-3-4-7-10-17-14(11(2)16)12-8-5-6-9-13(12)15/h5-6,8-9,11,14H,3-4,7,10,16H2,1-2H3. The summed E-state index contributed by atoms with van der Waals surface area (Å²) in [4.78, 5) is 0. The number of benzene rings is 1. The normalized spacial score (nSPS) is 14.6. The third-order valence-electron chi connectivity index (χ3n) is 2.73. The molecule has 3 heteroatoms. The molecule has 1 aromatic rings. The molecule has 0 bridgehead atoms. The van der Waals surface area contributed by atoms with Gasteiger partial charge in [0.15, 0.2) is 0 Å². The smallest absolute Gasteiger partial charge is 0.127 e. The third kappa shape index (κ3) is 4.68. The van der Waals surface area contributed by atoms with Gasteiger partial charge in [0.05, 0.1) is 0 Å². The van der Waals surface area contributed by atoms with Gasteiger partial charge in [-0.05, 0) is 25.2 Å². The van der Waals surface area contributed by atoms with Crippen molar-refractivity contribution in [3.63, 3.8) is 0 Å². The second-order valence-electron chi connectivity index (χ2n) is 4.38. The van der Waals surface area contributed by atoms with Crippen LogP contribution in [0.4, 0.5) is 4.39 Å². The molecule has 0 heterocycles. The van der Waals surface area contributed by atoms with Crippen LogP contribution in [0.3, 0.4) is 0 Å². The average Bonchev–Trinajstić information content (AvgIpc) is 2.30. The maximum atomic E-state index is 13.7. The Morgan fingerprint density at radius 3 is 2.59 bits per heavy atom. The van der Waals surface area contributed by atoms with Crippen LogP contribution in [0.2, 0.25) is 0 Å². The van der Waals surface area contributed by atoms with Crippen LogP contribution in [0.25, 0.3) is 0 Å². The summed E-state index contributed by atoms with van der Waals surface area (Å²) in [6.45, 7) is 4.13. The van der Waals surface area contributed by atoms with Gasteiger partial charge in [-0.15, -0.1) is 0 Å². The van der Waals surface area contributed by atoms with Crippen molar-refractivity contribution in [1.82, 2.24) is 0 Å². The molecule has 0 saturated carbocycles. The van der Waals surface area contributed by atoms with Gasteiger partial charge >= 0.3 is 0 Å². The van der Waals surface area contributed by atoms with Crippen molar-refractivity contribution < 1.29 is 4.39 Å². The SMILES string of the molecule is CCCCCSC(c1ccccc1F)C(C)N. The van der Waals surface area contributed by atoms with Crippen molar-refractivity contribution in [2.45, 2.75) is 44.4 Å². The molecule has 0 aliphatic carbocycles. The lowest BCUT2D eigenvalue weighted by molar-refractivity contribution is 0.592. The van der Waals surface area contributed by atoms with Gasteiger partial charge in [0.25, 0.3) is 0 Å². The lowest BCUT2D eigenvalue weighted by Gasteiger charge is -2.21. The Bertz CT molecular complexity index is 328. The number of halogens is 1. The molecule has 0 radical (unpaired) electrons. The molecule has 0 aliphatic rings. The highest BCUT2D eigenvalue weighted by Crippen LogP contribution is 2.33. The first-order valence-corrected chi connectivity index (χ1v) is 7.33. The summed E-state index contributed by atoms with van der Waals surface area (Å²) >= 11 is 1.77. The lowest BCUT2D eigenvalue weighted by atomic mass is 10.1. The molecule has 2 atom stereocenters. The van der Waals surface area contributed by atoms with Crippen LogP contribution in [-0.4, -0.2) is 11.8 Å². The van der Waals surface area contributed by atoms with Gasteiger partial charge in [-0.2, -0.15) is 11.8 Å². The van der Waals surface area contributed by atoms with E-state index in [4.69, 9.17) is 5.73 Å². The highest BCUT2D eigenvalue weighted by Gasteiger charge is 2.19. The summed E-state index contributed by atoms with van der Waals surface area (Å²) < 4.78 is 13.7. The molecule has 0 saturated heterocycles. The Kier molecular flexibility index (Phi) is 6.60. The molecule has 0 amide bonds. The second kappa shape index (κ2) is 7.72. The number of thioether (sulfide) groups is 1. The summed E-state index contributed by atoms with van der Waals surface area (Å²) in [5.41, 5.74) is 6.70. The van der Waals surface area contributed by atoms with Crippen molar-refractivity contribution in [1.29, 1.82) is 0 Å². The summed E-state index contributed by atoms with van der Waals surface area (Å²) in [6.07, 6.45) is 3.62. The molecule has 1 aromatic carbocycles. The number of nitrogens with two attached hydrogens (primary N) is 1. The minimum atomic E-state index is -0.141. The molecular weight excluding hydrogens is 233 g/mol. The zero-order valence-electron chi connectivity index (χ0n) is 10.7. The van der Waals surface area contributed by atoms with Crippen molar-refractivity contribution in [3.8, 4) is 0 Å². The zero-order valence-corrected chi connectivity index (χ0v) is 11.5. The second-order valence-corrected chi connectivity index (χ2v) is 5.63. The predicted octanol–water partition coefficient (Wildman–Crippen LogP) is 4.14. The highest BCUT2D eigenvalue weighted by atomic mass is 32.2. The first-order chi connectivity index (χ1) is 8.16. The topological polar surface area (TPSA) is 26.0 Å². The van der Waals surface area contributed by atoms with Crippen LogP contribution in [0.15, 0.2) is 24.3 Å². The molecule has 2 N–H and O–H groups in total. The lowest BCUT2D eigenvalue weighted by Crippen LogP contribution is -2.23. The molecule has 0 fully saturated rings. The molecule has 96 valence electrons. The van der Waals surface area contributed by atoms with Gasteiger partial charge in [-0.3, -0.25) is 0 Å². The minimum absolute atomic E-state index is 0.0291. The van der Waals surface area contributed by atoms with E-state index in [0.717, 1.165) is 11.3 Å². The number of rotatable bonds is 7. The molecule has 1 rings (SSSR count). The maximum Gasteiger partial charge on any atom is 0.127 e. The van der Waals surface area contributed by atoms with Crippen LogP contribution in [0.1, 0.15) is 43.9 Å². The van der Waals surface area contributed by atoms with E-state index >= 15 is 0 Å². The van der Waals surface area contributed by atoms with E-state index in [1.165, 1.54) is 25.3 Å². The molecule has 17 heavy (non-hydrogen) atoms. The van der Waals surface area contributed by atoms with E-state index in [1.807, 2.05) is 19.1 Å². The largest absolute Gasteiger partial charge is 0.327 e. The van der Waals surface area contributed by atoms with Gasteiger partial charge in [0, 0.05) is 16.9 Å². The molecule has 1 nitrogen and oxygen atoms in total. The Labute approximate surface area is 108 Å². The van der Waals surface area contributed by atoms with Crippen molar-refractivity contribution in [2.24, 2.45) is 5.73 Å². The number of hydrogen-bond acceptors (Lipinski definition) is 2. The summed E-state index contributed by atoms with van der Waals surface area (Å²) in [5.74, 6) is 0.909. The molecule has 2 unspecified atom stereocenters. The van der Waals surface area contributed by atoms with Crippen LogP contribution < -0.4 is 5.73 Å². The molecule has 0 aromatic heterocycles. The van der Waals surface area contributed by atoms with Gasteiger partial charge in [0.2, 0.25) is 0 Å². The monoisotopic (exact) mass is 255 g/mol. The summed E-state index contributed by atoms with van der Waals surface area (Å²) in [5, 5.41) is 0.0630. The van der Waals surface area contributed by atoms with E-state index in [0.29, 0.717) is 0 Å². The fraction of sp³-hybridized carbons (Fsp3) is 0.571.